The Morgan fingerprint density at radius 3 is 2.92 bits per heavy atom. The van der Waals surface area contributed by atoms with Gasteiger partial charge in [0.1, 0.15) is 0 Å². The molecule has 0 unspecified atom stereocenters. The predicted octanol–water partition coefficient (Wildman–Crippen LogP) is 2.68. The van der Waals surface area contributed by atoms with E-state index in [0.717, 1.165) is 31.6 Å². The van der Waals surface area contributed by atoms with Crippen molar-refractivity contribution in [1.82, 2.24) is 19.8 Å². The van der Waals surface area contributed by atoms with E-state index in [2.05, 4.69) is 14.9 Å². The van der Waals surface area contributed by atoms with E-state index in [1.165, 1.54) is 12.3 Å². The molecule has 6 nitrogen and oxygen atoms in total. The van der Waals surface area contributed by atoms with Crippen molar-refractivity contribution in [2.75, 3.05) is 33.7 Å². The van der Waals surface area contributed by atoms with Crippen LogP contribution in [0.15, 0.2) is 36.7 Å². The zero-order valence-corrected chi connectivity index (χ0v) is 15.1. The van der Waals surface area contributed by atoms with Gasteiger partial charge in [-0.1, -0.05) is 12.1 Å². The van der Waals surface area contributed by atoms with Crippen LogP contribution in [0.1, 0.15) is 24.5 Å². The maximum atomic E-state index is 13.8. The maximum Gasteiger partial charge on any atom is 0.238 e. The Hall–Kier alpha value is -2.54. The second-order valence-electron chi connectivity index (χ2n) is 6.68. The van der Waals surface area contributed by atoms with Crippen LogP contribution in [-0.4, -0.2) is 59.4 Å². The first-order valence-corrected chi connectivity index (χ1v) is 8.70. The van der Waals surface area contributed by atoms with Crippen LogP contribution < -0.4 is 4.74 Å². The molecule has 1 atom stereocenters. The van der Waals surface area contributed by atoms with Crippen LogP contribution >= 0.6 is 0 Å². The Morgan fingerprint density at radius 1 is 1.35 bits per heavy atom. The Morgan fingerprint density at radius 2 is 2.15 bits per heavy atom. The van der Waals surface area contributed by atoms with E-state index in [0.29, 0.717) is 6.54 Å². The molecule has 0 spiro atoms. The van der Waals surface area contributed by atoms with E-state index in [9.17, 15) is 9.18 Å². The van der Waals surface area contributed by atoms with Gasteiger partial charge in [0.25, 0.3) is 0 Å². The highest BCUT2D eigenvalue weighted by Gasteiger charge is 2.25. The molecule has 0 saturated carbocycles. The van der Waals surface area contributed by atoms with Crippen molar-refractivity contribution in [2.24, 2.45) is 0 Å². The summed E-state index contributed by atoms with van der Waals surface area (Å²) in [5.74, 6) is 0.226. The number of nitrogens with zero attached hydrogens (tertiary/aromatic N) is 4. The summed E-state index contributed by atoms with van der Waals surface area (Å²) in [5, 5.41) is 0. The number of hydrogen-bond donors (Lipinski definition) is 0. The minimum atomic E-state index is -0.439. The average molecular weight is 358 g/mol. The van der Waals surface area contributed by atoms with Crippen molar-refractivity contribution < 1.29 is 13.9 Å². The lowest BCUT2D eigenvalue weighted by Crippen LogP contribution is -2.41. The summed E-state index contributed by atoms with van der Waals surface area (Å²) >= 11 is 0. The number of benzene rings is 1. The van der Waals surface area contributed by atoms with Crippen molar-refractivity contribution in [3.63, 3.8) is 0 Å². The Kier molecular flexibility index (Phi) is 5.78. The maximum absolute atomic E-state index is 13.8. The first-order chi connectivity index (χ1) is 12.5. The van der Waals surface area contributed by atoms with E-state index >= 15 is 0 Å². The van der Waals surface area contributed by atoms with E-state index in [1.54, 1.807) is 43.4 Å². The SMILES string of the molecule is CN(C)C(=O)CN1CCC[C@H](c2cncc(Oc3ccccc3F)n2)C1. The molecule has 26 heavy (non-hydrogen) atoms. The molecular formula is C19H23FN4O2. The van der Waals surface area contributed by atoms with Crippen LogP contribution in [0.4, 0.5) is 4.39 Å². The molecule has 3 rings (SSSR count). The average Bonchev–Trinajstić information content (AvgIpc) is 2.64. The monoisotopic (exact) mass is 358 g/mol. The summed E-state index contributed by atoms with van der Waals surface area (Å²) in [5.41, 5.74) is 0.806. The van der Waals surface area contributed by atoms with Crippen molar-refractivity contribution in [3.05, 3.63) is 48.2 Å². The predicted molar refractivity (Wildman–Crippen MR) is 95.6 cm³/mol. The van der Waals surface area contributed by atoms with E-state index in [1.807, 2.05) is 0 Å². The van der Waals surface area contributed by atoms with E-state index < -0.39 is 5.82 Å². The second kappa shape index (κ2) is 8.23. The molecule has 0 N–H and O–H groups in total. The number of carbonyl (C=O) groups is 1. The highest BCUT2D eigenvalue weighted by Crippen LogP contribution is 2.28. The van der Waals surface area contributed by atoms with Crippen LogP contribution in [0.25, 0.3) is 0 Å². The number of ether oxygens (including phenoxy) is 1. The summed E-state index contributed by atoms with van der Waals surface area (Å²) in [4.78, 5) is 24.4. The number of aromatic nitrogens is 2. The highest BCUT2D eigenvalue weighted by atomic mass is 19.1. The number of likely N-dealkylation sites (N-methyl/N-ethyl adjacent to an activating group) is 1. The van der Waals surface area contributed by atoms with Crippen LogP contribution in [-0.2, 0) is 4.79 Å². The zero-order chi connectivity index (χ0) is 18.5. The van der Waals surface area contributed by atoms with Gasteiger partial charge in [0.05, 0.1) is 18.4 Å². The van der Waals surface area contributed by atoms with E-state index in [-0.39, 0.29) is 23.5 Å². The second-order valence-corrected chi connectivity index (χ2v) is 6.68. The number of carbonyl (C=O) groups excluding carboxylic acids is 1. The lowest BCUT2D eigenvalue weighted by Gasteiger charge is -2.32. The smallest absolute Gasteiger partial charge is 0.238 e. The number of para-hydroxylation sites is 1. The molecule has 0 bridgehead atoms. The Labute approximate surface area is 152 Å². The third-order valence-corrected chi connectivity index (χ3v) is 4.46. The fraction of sp³-hybridized carbons (Fsp3) is 0.421. The Bertz CT molecular complexity index is 769. The largest absolute Gasteiger partial charge is 0.434 e. The molecule has 2 heterocycles. The third-order valence-electron chi connectivity index (χ3n) is 4.46. The molecule has 2 aromatic rings. The number of rotatable bonds is 5. The normalized spacial score (nSPS) is 17.7. The van der Waals surface area contributed by atoms with Crippen molar-refractivity contribution in [3.8, 4) is 11.6 Å². The summed E-state index contributed by atoms with van der Waals surface area (Å²) < 4.78 is 19.3. The highest BCUT2D eigenvalue weighted by molar-refractivity contribution is 5.77. The summed E-state index contributed by atoms with van der Waals surface area (Å²) in [6.45, 7) is 2.05. The van der Waals surface area contributed by atoms with Gasteiger partial charge in [0.2, 0.25) is 11.8 Å². The van der Waals surface area contributed by atoms with Crippen LogP contribution in [0.5, 0.6) is 11.6 Å². The fourth-order valence-electron chi connectivity index (χ4n) is 3.02. The number of halogens is 1. The minimum absolute atomic E-state index is 0.0911. The summed E-state index contributed by atoms with van der Waals surface area (Å²) in [6, 6.07) is 6.21. The van der Waals surface area contributed by atoms with Gasteiger partial charge >= 0.3 is 0 Å². The van der Waals surface area contributed by atoms with Gasteiger partial charge in [0, 0.05) is 32.8 Å². The molecule has 1 aromatic heterocycles. The van der Waals surface area contributed by atoms with Crippen LogP contribution in [0.3, 0.4) is 0 Å². The fourth-order valence-corrected chi connectivity index (χ4v) is 3.02. The molecule has 1 fully saturated rings. The number of amides is 1. The molecule has 0 radical (unpaired) electrons. The lowest BCUT2D eigenvalue weighted by molar-refractivity contribution is -0.130. The quantitative estimate of drug-likeness (QED) is 0.822. The van der Waals surface area contributed by atoms with Crippen molar-refractivity contribution in [2.45, 2.75) is 18.8 Å². The third kappa shape index (κ3) is 4.54. The molecule has 1 amide bonds. The van der Waals surface area contributed by atoms with Gasteiger partial charge in [0.15, 0.2) is 11.6 Å². The first-order valence-electron chi connectivity index (χ1n) is 8.70. The van der Waals surface area contributed by atoms with Gasteiger partial charge in [-0.3, -0.25) is 14.7 Å². The topological polar surface area (TPSA) is 58.6 Å². The molecule has 1 aromatic carbocycles. The van der Waals surface area contributed by atoms with Crippen LogP contribution in [0, 0.1) is 5.82 Å². The molecule has 1 aliphatic rings. The Balaban J connectivity index is 1.69. The molecule has 0 aliphatic carbocycles. The van der Waals surface area contributed by atoms with Crippen molar-refractivity contribution in [1.29, 1.82) is 0 Å². The van der Waals surface area contributed by atoms with Gasteiger partial charge in [-0.25, -0.2) is 9.37 Å². The van der Waals surface area contributed by atoms with Gasteiger partial charge in [-0.15, -0.1) is 0 Å². The first kappa shape index (κ1) is 18.3. The minimum Gasteiger partial charge on any atom is -0.434 e. The number of hydrogen-bond acceptors (Lipinski definition) is 5. The number of piperidine rings is 1. The van der Waals surface area contributed by atoms with Crippen LogP contribution in [0.2, 0.25) is 0 Å². The molecule has 138 valence electrons. The van der Waals surface area contributed by atoms with Crippen molar-refractivity contribution >= 4 is 5.91 Å². The summed E-state index contributed by atoms with van der Waals surface area (Å²) in [7, 11) is 3.53. The zero-order valence-electron chi connectivity index (χ0n) is 15.1. The van der Waals surface area contributed by atoms with Gasteiger partial charge < -0.3 is 9.64 Å². The summed E-state index contributed by atoms with van der Waals surface area (Å²) in [6.07, 6.45) is 5.16. The van der Waals surface area contributed by atoms with Gasteiger partial charge in [-0.2, -0.15) is 0 Å². The molecular weight excluding hydrogens is 335 g/mol. The van der Waals surface area contributed by atoms with E-state index in [4.69, 9.17) is 4.74 Å². The number of likely N-dealkylation sites (tertiary alicyclic amines) is 1. The molecule has 1 saturated heterocycles. The molecule has 1 aliphatic heterocycles. The van der Waals surface area contributed by atoms with Gasteiger partial charge in [-0.05, 0) is 31.5 Å². The lowest BCUT2D eigenvalue weighted by atomic mass is 9.95. The standard InChI is InChI=1S/C19H23FN4O2/c1-23(2)19(25)13-24-9-5-6-14(12-24)16-10-21-11-18(22-16)26-17-8-4-3-7-15(17)20/h3-4,7-8,10-11,14H,5-6,9,12-13H2,1-2H3/t14-/m0/s1. The molecule has 7 heteroatoms.